The average Bonchev–Trinajstić information content (AvgIpc) is 2.79. The van der Waals surface area contributed by atoms with E-state index in [1.54, 1.807) is 12.3 Å². The maximum atomic E-state index is 5.46. The van der Waals surface area contributed by atoms with Gasteiger partial charge in [-0.25, -0.2) is 4.98 Å². The maximum Gasteiger partial charge on any atom is 0.317 e. The number of thiocarbonyl (C=S) groups is 1. The molecule has 2 rings (SSSR count). The molecule has 86 valence electrons. The lowest BCUT2D eigenvalue weighted by Gasteiger charge is -2.10. The van der Waals surface area contributed by atoms with Crippen LogP contribution in [0.5, 0.6) is 6.01 Å². The molecule has 1 aliphatic heterocycles. The Labute approximate surface area is 99.0 Å². The second-order valence-corrected chi connectivity index (χ2v) is 3.97. The van der Waals surface area contributed by atoms with E-state index in [0.29, 0.717) is 18.3 Å². The van der Waals surface area contributed by atoms with E-state index in [1.165, 1.54) is 0 Å². The lowest BCUT2D eigenvalue weighted by molar-refractivity contribution is 0.0645. The van der Waals surface area contributed by atoms with Crippen molar-refractivity contribution in [3.05, 3.63) is 18.0 Å². The zero-order chi connectivity index (χ0) is 11.4. The highest BCUT2D eigenvalue weighted by atomic mass is 32.1. The van der Waals surface area contributed by atoms with Crippen molar-refractivity contribution < 1.29 is 9.47 Å². The fourth-order valence-corrected chi connectivity index (χ4v) is 1.60. The fourth-order valence-electron chi connectivity index (χ4n) is 1.49. The Balaban J connectivity index is 1.93. The van der Waals surface area contributed by atoms with Gasteiger partial charge in [0.05, 0.1) is 6.10 Å². The van der Waals surface area contributed by atoms with Gasteiger partial charge in [0.15, 0.2) is 0 Å². The molecule has 0 saturated carbocycles. The summed E-state index contributed by atoms with van der Waals surface area (Å²) in [5.74, 6) is 0. The van der Waals surface area contributed by atoms with Crippen molar-refractivity contribution >= 4 is 17.2 Å². The standard InChI is InChI=1S/C10H13N3O2S/c11-9(16)8-3-4-12-10(13-8)15-6-7-2-1-5-14-7/h3-4,7H,1-2,5-6H2,(H2,11,16). The molecule has 0 amide bonds. The van der Waals surface area contributed by atoms with E-state index in [0.717, 1.165) is 19.4 Å². The summed E-state index contributed by atoms with van der Waals surface area (Å²) in [6.07, 6.45) is 3.83. The van der Waals surface area contributed by atoms with Crippen LogP contribution in [0.2, 0.25) is 0 Å². The van der Waals surface area contributed by atoms with Crippen molar-refractivity contribution in [3.63, 3.8) is 0 Å². The van der Waals surface area contributed by atoms with Crippen LogP contribution < -0.4 is 10.5 Å². The molecule has 2 heterocycles. The third kappa shape index (κ3) is 2.86. The van der Waals surface area contributed by atoms with E-state index in [4.69, 9.17) is 27.4 Å². The minimum Gasteiger partial charge on any atom is -0.461 e. The van der Waals surface area contributed by atoms with E-state index in [2.05, 4.69) is 9.97 Å². The molecule has 0 spiro atoms. The molecule has 0 aliphatic carbocycles. The number of hydrogen-bond acceptors (Lipinski definition) is 5. The Morgan fingerprint density at radius 1 is 1.69 bits per heavy atom. The number of rotatable bonds is 4. The number of ether oxygens (including phenoxy) is 2. The molecule has 2 N–H and O–H groups in total. The van der Waals surface area contributed by atoms with Crippen LogP contribution in [0.25, 0.3) is 0 Å². The molecule has 6 heteroatoms. The van der Waals surface area contributed by atoms with Gasteiger partial charge in [0.1, 0.15) is 17.3 Å². The zero-order valence-electron chi connectivity index (χ0n) is 8.76. The molecule has 5 nitrogen and oxygen atoms in total. The van der Waals surface area contributed by atoms with Crippen molar-refractivity contribution in [2.75, 3.05) is 13.2 Å². The number of aromatic nitrogens is 2. The second-order valence-electron chi connectivity index (χ2n) is 3.53. The summed E-state index contributed by atoms with van der Waals surface area (Å²) in [5.41, 5.74) is 5.98. The van der Waals surface area contributed by atoms with Crippen LogP contribution in [0.1, 0.15) is 18.5 Å². The Bertz CT molecular complexity index is 380. The third-order valence-electron chi connectivity index (χ3n) is 2.31. The number of nitrogens with two attached hydrogens (primary N) is 1. The van der Waals surface area contributed by atoms with E-state index >= 15 is 0 Å². The van der Waals surface area contributed by atoms with Crippen molar-refractivity contribution in [3.8, 4) is 6.01 Å². The van der Waals surface area contributed by atoms with Crippen molar-refractivity contribution in [1.29, 1.82) is 0 Å². The minimum atomic E-state index is 0.150. The van der Waals surface area contributed by atoms with Crippen LogP contribution in [0.3, 0.4) is 0 Å². The van der Waals surface area contributed by atoms with Crippen LogP contribution in [-0.2, 0) is 4.74 Å². The van der Waals surface area contributed by atoms with Gasteiger partial charge in [0, 0.05) is 12.8 Å². The highest BCUT2D eigenvalue weighted by molar-refractivity contribution is 7.80. The summed E-state index contributed by atoms with van der Waals surface area (Å²) in [4.78, 5) is 8.30. The molecule has 1 unspecified atom stereocenters. The van der Waals surface area contributed by atoms with Gasteiger partial charge in [-0.15, -0.1) is 0 Å². The van der Waals surface area contributed by atoms with Gasteiger partial charge in [-0.2, -0.15) is 4.98 Å². The van der Waals surface area contributed by atoms with Crippen LogP contribution in [0, 0.1) is 0 Å². The fraction of sp³-hybridized carbons (Fsp3) is 0.500. The van der Waals surface area contributed by atoms with Crippen molar-refractivity contribution in [2.24, 2.45) is 5.73 Å². The SMILES string of the molecule is NC(=S)c1ccnc(OCC2CCCO2)n1. The van der Waals surface area contributed by atoms with Gasteiger partial charge < -0.3 is 15.2 Å². The Morgan fingerprint density at radius 2 is 2.56 bits per heavy atom. The lowest BCUT2D eigenvalue weighted by Crippen LogP contribution is -2.18. The summed E-state index contributed by atoms with van der Waals surface area (Å²) in [7, 11) is 0. The van der Waals surface area contributed by atoms with E-state index < -0.39 is 0 Å². The highest BCUT2D eigenvalue weighted by Crippen LogP contribution is 2.13. The zero-order valence-corrected chi connectivity index (χ0v) is 9.57. The third-order valence-corrected chi connectivity index (χ3v) is 2.52. The molecule has 1 aromatic heterocycles. The maximum absolute atomic E-state index is 5.46. The molecule has 1 aromatic rings. The van der Waals surface area contributed by atoms with Gasteiger partial charge in [-0.1, -0.05) is 12.2 Å². The first-order valence-electron chi connectivity index (χ1n) is 5.13. The monoisotopic (exact) mass is 239 g/mol. The van der Waals surface area contributed by atoms with E-state index in [9.17, 15) is 0 Å². The van der Waals surface area contributed by atoms with Crippen molar-refractivity contribution in [1.82, 2.24) is 9.97 Å². The molecular weight excluding hydrogens is 226 g/mol. The molecule has 1 fully saturated rings. The highest BCUT2D eigenvalue weighted by Gasteiger charge is 2.16. The summed E-state index contributed by atoms with van der Waals surface area (Å²) in [6, 6.07) is 1.95. The molecule has 16 heavy (non-hydrogen) atoms. The van der Waals surface area contributed by atoms with E-state index in [-0.39, 0.29) is 11.1 Å². The van der Waals surface area contributed by atoms with Gasteiger partial charge in [0.2, 0.25) is 0 Å². The van der Waals surface area contributed by atoms with Crippen LogP contribution >= 0.6 is 12.2 Å². The first-order chi connectivity index (χ1) is 7.75. The second kappa shape index (κ2) is 5.18. The van der Waals surface area contributed by atoms with Gasteiger partial charge >= 0.3 is 6.01 Å². The first kappa shape index (κ1) is 11.2. The molecular formula is C10H13N3O2S. The van der Waals surface area contributed by atoms with Crippen LogP contribution in [-0.4, -0.2) is 34.3 Å². The average molecular weight is 239 g/mol. The number of hydrogen-bond donors (Lipinski definition) is 1. The lowest BCUT2D eigenvalue weighted by atomic mass is 10.2. The quantitative estimate of drug-likeness (QED) is 0.779. The summed E-state index contributed by atoms with van der Waals surface area (Å²) in [5, 5.41) is 0. The number of nitrogens with zero attached hydrogens (tertiary/aromatic N) is 2. The predicted molar refractivity (Wildman–Crippen MR) is 62.4 cm³/mol. The first-order valence-corrected chi connectivity index (χ1v) is 5.54. The topological polar surface area (TPSA) is 70.3 Å². The Hall–Kier alpha value is -1.27. The van der Waals surface area contributed by atoms with Crippen LogP contribution in [0.15, 0.2) is 12.3 Å². The Morgan fingerprint density at radius 3 is 3.25 bits per heavy atom. The predicted octanol–water partition coefficient (Wildman–Crippen LogP) is 0.669. The molecule has 0 radical (unpaired) electrons. The molecule has 1 saturated heterocycles. The molecule has 0 bridgehead atoms. The molecule has 1 aliphatic rings. The summed E-state index contributed by atoms with van der Waals surface area (Å²) in [6.45, 7) is 1.28. The van der Waals surface area contributed by atoms with Crippen LogP contribution in [0.4, 0.5) is 0 Å². The van der Waals surface area contributed by atoms with E-state index in [1.807, 2.05) is 0 Å². The molecule has 0 aromatic carbocycles. The van der Waals surface area contributed by atoms with Gasteiger partial charge in [-0.05, 0) is 18.9 Å². The van der Waals surface area contributed by atoms with Gasteiger partial charge in [-0.3, -0.25) is 0 Å². The summed E-state index contributed by atoms with van der Waals surface area (Å²) < 4.78 is 10.8. The van der Waals surface area contributed by atoms with Crippen molar-refractivity contribution in [2.45, 2.75) is 18.9 Å². The normalized spacial score (nSPS) is 19.6. The molecule has 1 atom stereocenters. The smallest absolute Gasteiger partial charge is 0.317 e. The Kier molecular flexibility index (Phi) is 3.63. The summed E-state index contributed by atoms with van der Waals surface area (Å²) >= 11 is 4.82. The largest absolute Gasteiger partial charge is 0.461 e. The minimum absolute atomic E-state index is 0.150. The van der Waals surface area contributed by atoms with Gasteiger partial charge in [0.25, 0.3) is 0 Å².